The minimum absolute atomic E-state index is 0.109. The zero-order valence-electron chi connectivity index (χ0n) is 17.6. The first kappa shape index (κ1) is 24.6. The molecule has 1 heterocycles. The van der Waals surface area contributed by atoms with E-state index in [0.717, 1.165) is 8.47 Å². The number of thioether (sulfide) groups is 1. The lowest BCUT2D eigenvalue weighted by atomic mass is 10.1. The van der Waals surface area contributed by atoms with Crippen LogP contribution < -0.4 is 14.8 Å². The molecule has 0 radical (unpaired) electrons. The molecule has 3 amide bonds. The number of esters is 1. The standard InChI is InChI=1S/C22H19IN2O7S/c1-30-16-5-3-4-13(20(16)32-12-19(27)31-2)10-17-21(28)25(22(29)33-17)11-18(26)24-15-8-6-14(23)7-9-15/h3-10H,11-12H2,1-2H3,(H,24,26)/b17-10+. The normalized spacial score (nSPS) is 14.4. The summed E-state index contributed by atoms with van der Waals surface area (Å²) in [5.41, 5.74) is 0.985. The predicted octanol–water partition coefficient (Wildman–Crippen LogP) is 3.53. The fourth-order valence-corrected chi connectivity index (χ4v) is 4.00. The Hall–Kier alpha value is -3.06. The van der Waals surface area contributed by atoms with Gasteiger partial charge >= 0.3 is 5.97 Å². The Morgan fingerprint density at radius 3 is 2.52 bits per heavy atom. The smallest absolute Gasteiger partial charge is 0.343 e. The molecule has 1 aliphatic heterocycles. The van der Waals surface area contributed by atoms with E-state index in [4.69, 9.17) is 9.47 Å². The van der Waals surface area contributed by atoms with Crippen LogP contribution in [0.1, 0.15) is 5.56 Å². The van der Waals surface area contributed by atoms with Crippen molar-refractivity contribution in [1.82, 2.24) is 4.90 Å². The van der Waals surface area contributed by atoms with E-state index in [2.05, 4.69) is 32.6 Å². The maximum Gasteiger partial charge on any atom is 0.343 e. The molecule has 0 spiro atoms. The van der Waals surface area contributed by atoms with Gasteiger partial charge in [0.25, 0.3) is 11.1 Å². The summed E-state index contributed by atoms with van der Waals surface area (Å²) in [6, 6.07) is 12.1. The van der Waals surface area contributed by atoms with Crippen molar-refractivity contribution >= 4 is 69.1 Å². The Morgan fingerprint density at radius 2 is 1.85 bits per heavy atom. The first-order valence-corrected chi connectivity index (χ1v) is 11.4. The minimum atomic E-state index is -0.607. The van der Waals surface area contributed by atoms with Crippen molar-refractivity contribution in [2.45, 2.75) is 0 Å². The second kappa shape index (κ2) is 11.2. The average Bonchev–Trinajstić information content (AvgIpc) is 3.06. The second-order valence-corrected chi connectivity index (χ2v) is 8.81. The van der Waals surface area contributed by atoms with Gasteiger partial charge in [-0.25, -0.2) is 4.79 Å². The topological polar surface area (TPSA) is 111 Å². The van der Waals surface area contributed by atoms with Crippen LogP contribution >= 0.6 is 34.4 Å². The van der Waals surface area contributed by atoms with Crippen LogP contribution in [0.4, 0.5) is 10.5 Å². The average molecular weight is 582 g/mol. The number of amides is 3. The highest BCUT2D eigenvalue weighted by molar-refractivity contribution is 14.1. The molecule has 0 unspecified atom stereocenters. The van der Waals surface area contributed by atoms with Gasteiger partial charge in [-0.3, -0.25) is 19.3 Å². The number of nitrogens with zero attached hydrogens (tertiary/aromatic N) is 1. The number of carbonyl (C=O) groups excluding carboxylic acids is 4. The zero-order valence-corrected chi connectivity index (χ0v) is 20.6. The van der Waals surface area contributed by atoms with E-state index in [1.54, 1.807) is 30.3 Å². The van der Waals surface area contributed by atoms with Crippen molar-refractivity contribution < 1.29 is 33.4 Å². The first-order valence-electron chi connectivity index (χ1n) is 9.49. The third-order valence-electron chi connectivity index (χ3n) is 4.38. The van der Waals surface area contributed by atoms with Gasteiger partial charge in [-0.1, -0.05) is 12.1 Å². The van der Waals surface area contributed by atoms with Gasteiger partial charge in [0, 0.05) is 14.8 Å². The minimum Gasteiger partial charge on any atom is -0.493 e. The van der Waals surface area contributed by atoms with Crippen molar-refractivity contribution in [3.63, 3.8) is 0 Å². The summed E-state index contributed by atoms with van der Waals surface area (Å²) >= 11 is 2.85. The Labute approximate surface area is 207 Å². The van der Waals surface area contributed by atoms with Crippen LogP contribution in [-0.2, 0) is 19.1 Å². The number of halogens is 1. The van der Waals surface area contributed by atoms with Crippen molar-refractivity contribution in [2.75, 3.05) is 32.7 Å². The third kappa shape index (κ3) is 6.26. The van der Waals surface area contributed by atoms with Gasteiger partial charge in [0.15, 0.2) is 18.1 Å². The molecule has 0 bridgehead atoms. The molecule has 1 saturated heterocycles. The van der Waals surface area contributed by atoms with Crippen LogP contribution in [0.3, 0.4) is 0 Å². The van der Waals surface area contributed by atoms with Crippen molar-refractivity contribution in [2.24, 2.45) is 0 Å². The number of para-hydroxylation sites is 1. The number of imide groups is 1. The van der Waals surface area contributed by atoms with E-state index in [9.17, 15) is 19.2 Å². The summed E-state index contributed by atoms with van der Waals surface area (Å²) in [6.45, 7) is -0.782. The van der Waals surface area contributed by atoms with E-state index in [1.165, 1.54) is 20.3 Å². The maximum atomic E-state index is 12.8. The van der Waals surface area contributed by atoms with Gasteiger partial charge in [-0.05, 0) is 70.8 Å². The highest BCUT2D eigenvalue weighted by Crippen LogP contribution is 2.37. The molecule has 0 atom stereocenters. The predicted molar refractivity (Wildman–Crippen MR) is 131 cm³/mol. The summed E-state index contributed by atoms with van der Waals surface area (Å²) in [5, 5.41) is 2.10. The van der Waals surface area contributed by atoms with Gasteiger partial charge < -0.3 is 19.5 Å². The highest BCUT2D eigenvalue weighted by atomic mass is 127. The first-order chi connectivity index (χ1) is 15.8. The number of ether oxygens (including phenoxy) is 3. The van der Waals surface area contributed by atoms with E-state index in [-0.39, 0.29) is 17.3 Å². The monoisotopic (exact) mass is 582 g/mol. The molecule has 33 heavy (non-hydrogen) atoms. The Bertz CT molecular complexity index is 1120. The van der Waals surface area contributed by atoms with Gasteiger partial charge in [-0.2, -0.15) is 0 Å². The Morgan fingerprint density at radius 1 is 1.12 bits per heavy atom. The lowest BCUT2D eigenvalue weighted by Crippen LogP contribution is -2.36. The number of hydrogen-bond donors (Lipinski definition) is 1. The Balaban J connectivity index is 1.77. The SMILES string of the molecule is COC(=O)COc1c(/C=C2/SC(=O)N(CC(=O)Nc3ccc(I)cc3)C2=O)cccc1OC. The fraction of sp³-hybridized carbons (Fsp3) is 0.182. The molecule has 2 aromatic carbocycles. The van der Waals surface area contributed by atoms with Crippen LogP contribution in [0.15, 0.2) is 47.4 Å². The number of methoxy groups -OCH3 is 2. The van der Waals surface area contributed by atoms with Crippen LogP contribution in [0, 0.1) is 3.57 Å². The number of hydrogen-bond acceptors (Lipinski definition) is 8. The summed E-state index contributed by atoms with van der Waals surface area (Å²) in [4.78, 5) is 50.0. The molecule has 1 fully saturated rings. The largest absolute Gasteiger partial charge is 0.493 e. The quantitative estimate of drug-likeness (QED) is 0.286. The molecular formula is C22H19IN2O7S. The molecule has 0 saturated carbocycles. The number of nitrogens with one attached hydrogen (secondary N) is 1. The third-order valence-corrected chi connectivity index (χ3v) is 6.01. The lowest BCUT2D eigenvalue weighted by molar-refractivity contribution is -0.143. The summed E-state index contributed by atoms with van der Waals surface area (Å²) in [6.07, 6.45) is 1.46. The van der Waals surface area contributed by atoms with Crippen LogP contribution in [0.25, 0.3) is 6.08 Å². The van der Waals surface area contributed by atoms with Gasteiger partial charge in [0.2, 0.25) is 5.91 Å². The molecule has 1 N–H and O–H groups in total. The zero-order chi connectivity index (χ0) is 24.0. The molecule has 0 aromatic heterocycles. The lowest BCUT2D eigenvalue weighted by Gasteiger charge is -2.13. The van der Waals surface area contributed by atoms with Crippen molar-refractivity contribution in [3.8, 4) is 11.5 Å². The second-order valence-electron chi connectivity index (χ2n) is 6.57. The molecule has 2 aromatic rings. The number of anilines is 1. The van der Waals surface area contributed by atoms with E-state index < -0.39 is 29.6 Å². The number of carbonyl (C=O) groups is 4. The molecule has 9 nitrogen and oxygen atoms in total. The summed E-state index contributed by atoms with van der Waals surface area (Å²) in [7, 11) is 2.67. The van der Waals surface area contributed by atoms with Crippen molar-refractivity contribution in [1.29, 1.82) is 0 Å². The molecule has 172 valence electrons. The summed E-state index contributed by atoms with van der Waals surface area (Å²) in [5.74, 6) is -1.14. The molecule has 3 rings (SSSR count). The molecular weight excluding hydrogens is 563 g/mol. The number of rotatable bonds is 8. The highest BCUT2D eigenvalue weighted by Gasteiger charge is 2.36. The maximum absolute atomic E-state index is 12.8. The van der Waals surface area contributed by atoms with Crippen LogP contribution in [-0.4, -0.2) is 55.3 Å². The number of benzene rings is 2. The molecule has 0 aliphatic carbocycles. The van der Waals surface area contributed by atoms with Gasteiger partial charge in [0.1, 0.15) is 6.54 Å². The van der Waals surface area contributed by atoms with E-state index >= 15 is 0 Å². The Kier molecular flexibility index (Phi) is 8.33. The van der Waals surface area contributed by atoms with E-state index in [0.29, 0.717) is 28.8 Å². The molecule has 11 heteroatoms. The fourth-order valence-electron chi connectivity index (χ4n) is 2.81. The van der Waals surface area contributed by atoms with Crippen LogP contribution in [0.2, 0.25) is 0 Å². The molecule has 1 aliphatic rings. The van der Waals surface area contributed by atoms with Gasteiger partial charge in [0.05, 0.1) is 19.1 Å². The van der Waals surface area contributed by atoms with Crippen molar-refractivity contribution in [3.05, 3.63) is 56.5 Å². The summed E-state index contributed by atoms with van der Waals surface area (Å²) < 4.78 is 16.4. The van der Waals surface area contributed by atoms with Gasteiger partial charge in [-0.15, -0.1) is 0 Å². The van der Waals surface area contributed by atoms with Crippen LogP contribution in [0.5, 0.6) is 11.5 Å². The van der Waals surface area contributed by atoms with E-state index in [1.807, 2.05) is 12.1 Å².